The number of carboxylic acid groups (broad SMARTS) is 1. The third-order valence-electron chi connectivity index (χ3n) is 2.06. The number of carboxylic acids is 1. The van der Waals surface area contributed by atoms with Gasteiger partial charge in [0.15, 0.2) is 5.25 Å². The monoisotopic (exact) mass is 375 g/mol. The summed E-state index contributed by atoms with van der Waals surface area (Å²) in [4.78, 5) is 10.7. The van der Waals surface area contributed by atoms with E-state index in [1.807, 2.05) is 0 Å². The highest BCUT2D eigenvalue weighted by Crippen LogP contribution is 2.34. The second-order valence-corrected chi connectivity index (χ2v) is 7.10. The van der Waals surface area contributed by atoms with Crippen LogP contribution < -0.4 is 4.72 Å². The summed E-state index contributed by atoms with van der Waals surface area (Å²) in [6.07, 6.45) is 0. The molecule has 0 aliphatic carbocycles. The number of anilines is 1. The molecule has 0 bridgehead atoms. The van der Waals surface area contributed by atoms with Crippen molar-refractivity contribution >= 4 is 60.8 Å². The van der Waals surface area contributed by atoms with Crippen LogP contribution in [-0.4, -0.2) is 24.7 Å². The number of aliphatic carboxylic acids is 1. The van der Waals surface area contributed by atoms with Gasteiger partial charge < -0.3 is 5.11 Å². The summed E-state index contributed by atoms with van der Waals surface area (Å²) in [5.74, 6) is -1.47. The van der Waals surface area contributed by atoms with Crippen LogP contribution in [0.1, 0.15) is 6.92 Å². The lowest BCUT2D eigenvalue weighted by Gasteiger charge is -2.14. The van der Waals surface area contributed by atoms with Crippen molar-refractivity contribution < 1.29 is 18.3 Å². The topological polar surface area (TPSA) is 83.5 Å². The van der Waals surface area contributed by atoms with Crippen LogP contribution in [0.3, 0.4) is 0 Å². The molecule has 0 saturated heterocycles. The minimum absolute atomic E-state index is 0.0466. The van der Waals surface area contributed by atoms with E-state index in [1.165, 1.54) is 12.1 Å². The van der Waals surface area contributed by atoms with Crippen molar-refractivity contribution in [3.8, 4) is 0 Å². The van der Waals surface area contributed by atoms with E-state index in [9.17, 15) is 13.2 Å². The number of halogens is 3. The Morgan fingerprint density at radius 1 is 1.39 bits per heavy atom. The molecule has 0 radical (unpaired) electrons. The largest absolute Gasteiger partial charge is 0.480 e. The minimum atomic E-state index is -4.10. The maximum atomic E-state index is 11.7. The smallest absolute Gasteiger partial charge is 0.323 e. The second kappa shape index (κ2) is 5.64. The average molecular weight is 377 g/mol. The Morgan fingerprint density at radius 2 is 1.83 bits per heavy atom. The van der Waals surface area contributed by atoms with Crippen LogP contribution in [-0.2, 0) is 14.8 Å². The molecular formula is C9H8BrCl2NO4S. The third-order valence-corrected chi connectivity index (χ3v) is 4.74. The van der Waals surface area contributed by atoms with Gasteiger partial charge in [-0.3, -0.25) is 9.52 Å². The predicted octanol–water partition coefficient (Wildman–Crippen LogP) is 2.97. The lowest BCUT2D eigenvalue weighted by molar-refractivity contribution is -0.136. The standard InChI is InChI=1S/C9H8BrCl2NO4S/c1-4(9(14)15)18(16,17)13-8-6(11)2-5(10)3-7(8)12/h2-4,13H,1H3,(H,14,15). The fourth-order valence-corrected chi connectivity index (χ4v) is 3.36. The first-order valence-corrected chi connectivity index (χ1v) is 7.63. The van der Waals surface area contributed by atoms with Gasteiger partial charge in [0.1, 0.15) is 0 Å². The number of nitrogens with one attached hydrogen (secondary N) is 1. The van der Waals surface area contributed by atoms with E-state index < -0.39 is 21.2 Å². The van der Waals surface area contributed by atoms with Gasteiger partial charge in [0, 0.05) is 4.47 Å². The van der Waals surface area contributed by atoms with Crippen molar-refractivity contribution in [1.82, 2.24) is 0 Å². The number of sulfonamides is 1. The molecular weight excluding hydrogens is 369 g/mol. The van der Waals surface area contributed by atoms with Crippen LogP contribution >= 0.6 is 39.1 Å². The van der Waals surface area contributed by atoms with E-state index in [0.29, 0.717) is 4.47 Å². The van der Waals surface area contributed by atoms with E-state index in [1.54, 1.807) is 0 Å². The molecule has 0 aliphatic heterocycles. The molecule has 1 aromatic rings. The maximum absolute atomic E-state index is 11.7. The Morgan fingerprint density at radius 3 is 2.22 bits per heavy atom. The maximum Gasteiger partial charge on any atom is 0.323 e. The second-order valence-electron chi connectivity index (χ2n) is 3.37. The number of rotatable bonds is 4. The molecule has 0 heterocycles. The zero-order valence-corrected chi connectivity index (χ0v) is 12.9. The zero-order chi connectivity index (χ0) is 14.1. The van der Waals surface area contributed by atoms with Crippen LogP contribution in [0.2, 0.25) is 10.0 Å². The Hall–Kier alpha value is -0.500. The lowest BCUT2D eigenvalue weighted by atomic mass is 10.3. The molecule has 0 spiro atoms. The number of hydrogen-bond donors (Lipinski definition) is 2. The van der Waals surface area contributed by atoms with Gasteiger partial charge >= 0.3 is 5.97 Å². The first-order valence-electron chi connectivity index (χ1n) is 4.54. The van der Waals surface area contributed by atoms with Crippen molar-refractivity contribution in [2.75, 3.05) is 4.72 Å². The van der Waals surface area contributed by atoms with Crippen LogP contribution in [0.25, 0.3) is 0 Å². The number of hydrogen-bond acceptors (Lipinski definition) is 3. The number of carbonyl (C=O) groups is 1. The van der Waals surface area contributed by atoms with E-state index >= 15 is 0 Å². The Bertz CT molecular complexity index is 567. The summed E-state index contributed by atoms with van der Waals surface area (Å²) in [7, 11) is -4.10. The SMILES string of the molecule is CC(C(=O)O)S(=O)(=O)Nc1c(Cl)cc(Br)cc1Cl. The Labute approximate surface area is 122 Å². The lowest BCUT2D eigenvalue weighted by Crippen LogP contribution is -2.32. The Balaban J connectivity index is 3.17. The van der Waals surface area contributed by atoms with Gasteiger partial charge in [0.05, 0.1) is 15.7 Å². The zero-order valence-electron chi connectivity index (χ0n) is 8.95. The fraction of sp³-hybridized carbons (Fsp3) is 0.222. The van der Waals surface area contributed by atoms with Gasteiger partial charge in [-0.2, -0.15) is 0 Å². The highest BCUT2D eigenvalue weighted by molar-refractivity contribution is 9.10. The average Bonchev–Trinajstić information content (AvgIpc) is 2.22. The van der Waals surface area contributed by atoms with Crippen molar-refractivity contribution in [3.63, 3.8) is 0 Å². The van der Waals surface area contributed by atoms with Gasteiger partial charge in [-0.15, -0.1) is 0 Å². The molecule has 0 aliphatic rings. The molecule has 9 heteroatoms. The molecule has 1 rings (SSSR count). The summed E-state index contributed by atoms with van der Waals surface area (Å²) in [5.41, 5.74) is -0.0466. The van der Waals surface area contributed by atoms with Crippen molar-refractivity contribution in [3.05, 3.63) is 26.7 Å². The van der Waals surface area contributed by atoms with Gasteiger partial charge in [-0.1, -0.05) is 39.1 Å². The summed E-state index contributed by atoms with van der Waals surface area (Å²) in [6.45, 7) is 1.05. The molecule has 0 amide bonds. The van der Waals surface area contributed by atoms with Gasteiger partial charge in [0.25, 0.3) is 0 Å². The molecule has 18 heavy (non-hydrogen) atoms. The summed E-state index contributed by atoms with van der Waals surface area (Å²) in [5, 5.41) is 7.20. The number of benzene rings is 1. The van der Waals surface area contributed by atoms with Crippen LogP contribution in [0.4, 0.5) is 5.69 Å². The predicted molar refractivity (Wildman–Crippen MR) is 73.8 cm³/mol. The normalized spacial score (nSPS) is 13.1. The first kappa shape index (κ1) is 15.6. The Kier molecular flexibility index (Phi) is 4.88. The van der Waals surface area contributed by atoms with E-state index in [-0.39, 0.29) is 15.7 Å². The molecule has 100 valence electrons. The molecule has 0 saturated carbocycles. The quantitative estimate of drug-likeness (QED) is 0.845. The third kappa shape index (κ3) is 3.50. The molecule has 1 atom stereocenters. The highest BCUT2D eigenvalue weighted by atomic mass is 79.9. The van der Waals surface area contributed by atoms with Crippen LogP contribution in [0.15, 0.2) is 16.6 Å². The minimum Gasteiger partial charge on any atom is -0.480 e. The summed E-state index contributed by atoms with van der Waals surface area (Å²) in [6, 6.07) is 2.88. The van der Waals surface area contributed by atoms with Crippen molar-refractivity contribution in [1.29, 1.82) is 0 Å². The molecule has 2 N–H and O–H groups in total. The fourth-order valence-electron chi connectivity index (χ4n) is 1.00. The van der Waals surface area contributed by atoms with Gasteiger partial charge in [0.2, 0.25) is 10.0 Å². The van der Waals surface area contributed by atoms with E-state index in [2.05, 4.69) is 20.7 Å². The summed E-state index contributed by atoms with van der Waals surface area (Å²) >= 11 is 14.8. The van der Waals surface area contributed by atoms with Gasteiger partial charge in [-0.05, 0) is 19.1 Å². The van der Waals surface area contributed by atoms with Crippen LogP contribution in [0, 0.1) is 0 Å². The molecule has 0 fully saturated rings. The van der Waals surface area contributed by atoms with Gasteiger partial charge in [-0.25, -0.2) is 8.42 Å². The van der Waals surface area contributed by atoms with Crippen LogP contribution in [0.5, 0.6) is 0 Å². The van der Waals surface area contributed by atoms with E-state index in [0.717, 1.165) is 6.92 Å². The molecule has 1 unspecified atom stereocenters. The first-order chi connectivity index (χ1) is 8.15. The van der Waals surface area contributed by atoms with Crippen molar-refractivity contribution in [2.24, 2.45) is 0 Å². The molecule has 1 aromatic carbocycles. The molecule has 5 nitrogen and oxygen atoms in total. The van der Waals surface area contributed by atoms with Crippen molar-refractivity contribution in [2.45, 2.75) is 12.2 Å². The summed E-state index contributed by atoms with van der Waals surface area (Å²) < 4.78 is 26.1. The highest BCUT2D eigenvalue weighted by Gasteiger charge is 2.28. The van der Waals surface area contributed by atoms with E-state index in [4.69, 9.17) is 28.3 Å². The molecule has 0 aromatic heterocycles.